The molecule has 0 spiro atoms. The van der Waals surface area contributed by atoms with Crippen molar-refractivity contribution in [1.29, 1.82) is 0 Å². The van der Waals surface area contributed by atoms with E-state index in [1.807, 2.05) is 4.90 Å². The zero-order chi connectivity index (χ0) is 23.0. The summed E-state index contributed by atoms with van der Waals surface area (Å²) in [6.07, 6.45) is 5.62. The smallest absolute Gasteiger partial charge is 0.253 e. The Balaban J connectivity index is 1.28. The summed E-state index contributed by atoms with van der Waals surface area (Å²) >= 11 is 5.96. The Kier molecular flexibility index (Phi) is 9.01. The molecule has 2 heterocycles. The maximum Gasteiger partial charge on any atom is 0.253 e. The second-order valence-electron chi connectivity index (χ2n) is 9.42. The fourth-order valence-electron chi connectivity index (χ4n) is 5.37. The number of amides is 2. The fraction of sp³-hybridized carbons (Fsp3) is 0.680. The van der Waals surface area contributed by atoms with Gasteiger partial charge in [-0.3, -0.25) is 19.4 Å². The standard InChI is InChI=1S/C25H37ClN4O3/c26-22-8-6-21(7-9-22)25(32)30-14-12-29(13-15-30)23(20-4-1-2-5-20)24(31)27-10-3-11-28-16-18-33-19-17-28/h6-9,20,23H,1-5,10-19H2,(H,27,31)/t23-/m0/s1. The highest BCUT2D eigenvalue weighted by Crippen LogP contribution is 2.31. The van der Waals surface area contributed by atoms with E-state index in [2.05, 4.69) is 15.1 Å². The molecule has 33 heavy (non-hydrogen) atoms. The molecule has 1 N–H and O–H groups in total. The minimum Gasteiger partial charge on any atom is -0.379 e. The van der Waals surface area contributed by atoms with Crippen LogP contribution in [0.5, 0.6) is 0 Å². The zero-order valence-corrected chi connectivity index (χ0v) is 20.3. The summed E-state index contributed by atoms with van der Waals surface area (Å²) in [6.45, 7) is 8.07. The van der Waals surface area contributed by atoms with E-state index in [1.165, 1.54) is 12.8 Å². The van der Waals surface area contributed by atoms with E-state index in [-0.39, 0.29) is 17.9 Å². The molecule has 1 aromatic rings. The van der Waals surface area contributed by atoms with Crippen LogP contribution in [-0.4, -0.2) is 98.1 Å². The molecule has 182 valence electrons. The molecule has 0 unspecified atom stereocenters. The van der Waals surface area contributed by atoms with Gasteiger partial charge in [0.2, 0.25) is 5.91 Å². The van der Waals surface area contributed by atoms with Crippen molar-refractivity contribution in [3.8, 4) is 0 Å². The van der Waals surface area contributed by atoms with E-state index in [9.17, 15) is 9.59 Å². The number of benzene rings is 1. The number of ether oxygens (including phenoxy) is 1. The number of halogens is 1. The summed E-state index contributed by atoms with van der Waals surface area (Å²) in [7, 11) is 0. The molecule has 0 aromatic heterocycles. The van der Waals surface area contributed by atoms with E-state index < -0.39 is 0 Å². The van der Waals surface area contributed by atoms with Gasteiger partial charge in [-0.2, -0.15) is 0 Å². The number of carbonyl (C=O) groups is 2. The molecule has 2 saturated heterocycles. The Morgan fingerprint density at radius 1 is 1.00 bits per heavy atom. The third-order valence-corrected chi connectivity index (χ3v) is 7.51. The van der Waals surface area contributed by atoms with Crippen molar-refractivity contribution in [3.63, 3.8) is 0 Å². The van der Waals surface area contributed by atoms with Crippen LogP contribution in [0, 0.1) is 5.92 Å². The summed E-state index contributed by atoms with van der Waals surface area (Å²) < 4.78 is 5.41. The summed E-state index contributed by atoms with van der Waals surface area (Å²) in [5.74, 6) is 0.625. The largest absolute Gasteiger partial charge is 0.379 e. The minimum absolute atomic E-state index is 0.0382. The van der Waals surface area contributed by atoms with Gasteiger partial charge in [-0.05, 0) is 56.0 Å². The van der Waals surface area contributed by atoms with E-state index in [4.69, 9.17) is 16.3 Å². The van der Waals surface area contributed by atoms with Gasteiger partial charge in [0, 0.05) is 56.4 Å². The van der Waals surface area contributed by atoms with E-state index in [0.717, 1.165) is 65.2 Å². The molecule has 7 nitrogen and oxygen atoms in total. The quantitative estimate of drug-likeness (QED) is 0.584. The van der Waals surface area contributed by atoms with Crippen LogP contribution in [0.3, 0.4) is 0 Å². The topological polar surface area (TPSA) is 65.1 Å². The first kappa shape index (κ1) is 24.5. The minimum atomic E-state index is -0.0799. The summed E-state index contributed by atoms with van der Waals surface area (Å²) in [5.41, 5.74) is 0.665. The van der Waals surface area contributed by atoms with Crippen molar-refractivity contribution >= 4 is 23.4 Å². The van der Waals surface area contributed by atoms with Gasteiger partial charge in [0.25, 0.3) is 5.91 Å². The van der Waals surface area contributed by atoms with E-state index in [0.29, 0.717) is 36.1 Å². The van der Waals surface area contributed by atoms with Crippen molar-refractivity contribution < 1.29 is 14.3 Å². The number of hydrogen-bond acceptors (Lipinski definition) is 5. The Morgan fingerprint density at radius 2 is 1.67 bits per heavy atom. The van der Waals surface area contributed by atoms with Gasteiger partial charge in [-0.15, -0.1) is 0 Å². The van der Waals surface area contributed by atoms with Crippen LogP contribution in [0.1, 0.15) is 42.5 Å². The third kappa shape index (κ3) is 6.69. The molecule has 1 atom stereocenters. The molecular weight excluding hydrogens is 440 g/mol. The lowest BCUT2D eigenvalue weighted by atomic mass is 9.95. The number of nitrogens with zero attached hydrogens (tertiary/aromatic N) is 3. The van der Waals surface area contributed by atoms with Crippen LogP contribution >= 0.6 is 11.6 Å². The second kappa shape index (κ2) is 12.2. The zero-order valence-electron chi connectivity index (χ0n) is 19.5. The second-order valence-corrected chi connectivity index (χ2v) is 9.86. The monoisotopic (exact) mass is 476 g/mol. The Morgan fingerprint density at radius 3 is 2.33 bits per heavy atom. The van der Waals surface area contributed by atoms with Crippen molar-refractivity contribution in [2.24, 2.45) is 5.92 Å². The maximum absolute atomic E-state index is 13.3. The molecule has 2 amide bonds. The van der Waals surface area contributed by atoms with Gasteiger partial charge in [0.1, 0.15) is 0 Å². The van der Waals surface area contributed by atoms with Crippen molar-refractivity contribution in [2.75, 3.05) is 65.6 Å². The number of rotatable bonds is 8. The molecule has 1 saturated carbocycles. The van der Waals surface area contributed by atoms with Crippen molar-refractivity contribution in [2.45, 2.75) is 38.1 Å². The first-order valence-electron chi connectivity index (χ1n) is 12.5. The molecule has 1 aromatic carbocycles. The van der Waals surface area contributed by atoms with Crippen LogP contribution < -0.4 is 5.32 Å². The lowest BCUT2D eigenvalue weighted by Crippen LogP contribution is -2.58. The molecule has 8 heteroatoms. The average molecular weight is 477 g/mol. The molecule has 3 aliphatic rings. The lowest BCUT2D eigenvalue weighted by Gasteiger charge is -2.40. The molecule has 0 bridgehead atoms. The SMILES string of the molecule is O=C(NCCCN1CCOCC1)[C@H](C1CCCC1)N1CCN(C(=O)c2ccc(Cl)cc2)CC1. The van der Waals surface area contributed by atoms with Gasteiger partial charge in [-0.1, -0.05) is 24.4 Å². The molecule has 3 fully saturated rings. The van der Waals surface area contributed by atoms with E-state index >= 15 is 0 Å². The molecule has 0 radical (unpaired) electrons. The predicted molar refractivity (Wildman–Crippen MR) is 130 cm³/mol. The third-order valence-electron chi connectivity index (χ3n) is 7.26. The Labute approximate surface area is 202 Å². The number of nitrogens with one attached hydrogen (secondary N) is 1. The first-order chi connectivity index (χ1) is 16.1. The average Bonchev–Trinajstić information content (AvgIpc) is 3.37. The summed E-state index contributed by atoms with van der Waals surface area (Å²) in [4.78, 5) is 32.7. The van der Waals surface area contributed by atoms with Gasteiger partial charge in [-0.25, -0.2) is 0 Å². The van der Waals surface area contributed by atoms with Gasteiger partial charge >= 0.3 is 0 Å². The molecule has 4 rings (SSSR count). The normalized spacial score (nSPS) is 21.8. The summed E-state index contributed by atoms with van der Waals surface area (Å²) in [6, 6.07) is 6.99. The summed E-state index contributed by atoms with van der Waals surface area (Å²) in [5, 5.41) is 3.86. The number of carbonyl (C=O) groups excluding carboxylic acids is 2. The fourth-order valence-corrected chi connectivity index (χ4v) is 5.50. The Bertz CT molecular complexity index is 770. The highest BCUT2D eigenvalue weighted by atomic mass is 35.5. The highest BCUT2D eigenvalue weighted by Gasteiger charge is 2.37. The van der Waals surface area contributed by atoms with Crippen LogP contribution in [0.2, 0.25) is 5.02 Å². The first-order valence-corrected chi connectivity index (χ1v) is 12.9. The van der Waals surface area contributed by atoms with E-state index in [1.54, 1.807) is 24.3 Å². The number of hydrogen-bond donors (Lipinski definition) is 1. The number of morpholine rings is 1. The molecular formula is C25H37ClN4O3. The van der Waals surface area contributed by atoms with Crippen LogP contribution in [0.25, 0.3) is 0 Å². The van der Waals surface area contributed by atoms with Gasteiger partial charge in [0.05, 0.1) is 19.3 Å². The number of piperazine rings is 1. The Hall–Kier alpha value is -1.67. The molecule has 2 aliphatic heterocycles. The maximum atomic E-state index is 13.3. The van der Waals surface area contributed by atoms with Crippen LogP contribution in [0.4, 0.5) is 0 Å². The predicted octanol–water partition coefficient (Wildman–Crippen LogP) is 2.50. The van der Waals surface area contributed by atoms with Crippen LogP contribution in [0.15, 0.2) is 24.3 Å². The van der Waals surface area contributed by atoms with Crippen molar-refractivity contribution in [3.05, 3.63) is 34.9 Å². The molecule has 1 aliphatic carbocycles. The van der Waals surface area contributed by atoms with Gasteiger partial charge < -0.3 is 15.0 Å². The lowest BCUT2D eigenvalue weighted by molar-refractivity contribution is -0.129. The van der Waals surface area contributed by atoms with Crippen LogP contribution in [-0.2, 0) is 9.53 Å². The van der Waals surface area contributed by atoms with Gasteiger partial charge in [0.15, 0.2) is 0 Å². The van der Waals surface area contributed by atoms with Crippen molar-refractivity contribution in [1.82, 2.24) is 20.0 Å². The highest BCUT2D eigenvalue weighted by molar-refractivity contribution is 6.30.